The Labute approximate surface area is 99.8 Å². The van der Waals surface area contributed by atoms with E-state index in [1.54, 1.807) is 23.8 Å². The summed E-state index contributed by atoms with van der Waals surface area (Å²) in [6, 6.07) is 2.18. The third-order valence-electron chi connectivity index (χ3n) is 2.36. The molecule has 16 heavy (non-hydrogen) atoms. The smallest absolute Gasteiger partial charge is 0.249 e. The normalized spacial score (nSPS) is 12.6. The van der Waals surface area contributed by atoms with Gasteiger partial charge in [-0.05, 0) is 12.5 Å². The zero-order valence-electron chi connectivity index (χ0n) is 9.66. The van der Waals surface area contributed by atoms with Crippen LogP contribution in [0.25, 0.3) is 0 Å². The molecule has 5 heteroatoms. The molecule has 0 aliphatic carbocycles. The second-order valence-electron chi connectivity index (χ2n) is 3.61. The lowest BCUT2D eigenvalue weighted by atomic mass is 10.2. The van der Waals surface area contributed by atoms with Gasteiger partial charge in [0.05, 0.1) is 12.2 Å². The highest BCUT2D eigenvalue weighted by Gasteiger charge is 2.07. The predicted molar refractivity (Wildman–Crippen MR) is 65.6 cm³/mol. The maximum atomic E-state index is 10.9. The molecule has 90 valence electrons. The summed E-state index contributed by atoms with van der Waals surface area (Å²) in [5.41, 5.74) is 5.77. The van der Waals surface area contributed by atoms with Crippen LogP contribution in [0.1, 0.15) is 28.6 Å². The van der Waals surface area contributed by atoms with Crippen LogP contribution in [-0.2, 0) is 11.3 Å². The molecule has 4 nitrogen and oxygen atoms in total. The van der Waals surface area contributed by atoms with Crippen LogP contribution in [0.4, 0.5) is 0 Å². The van der Waals surface area contributed by atoms with Crippen LogP contribution >= 0.6 is 11.3 Å². The zero-order chi connectivity index (χ0) is 12.0. The van der Waals surface area contributed by atoms with Gasteiger partial charge in [-0.25, -0.2) is 0 Å². The van der Waals surface area contributed by atoms with Crippen molar-refractivity contribution in [2.45, 2.75) is 25.9 Å². The van der Waals surface area contributed by atoms with Crippen molar-refractivity contribution in [1.29, 1.82) is 0 Å². The average molecular weight is 242 g/mol. The molecule has 0 radical (unpaired) electrons. The van der Waals surface area contributed by atoms with Gasteiger partial charge in [0, 0.05) is 30.0 Å². The summed E-state index contributed by atoms with van der Waals surface area (Å²) in [4.78, 5) is 12.0. The van der Waals surface area contributed by atoms with Crippen molar-refractivity contribution < 1.29 is 9.53 Å². The Balaban J connectivity index is 2.44. The van der Waals surface area contributed by atoms with Crippen LogP contribution in [-0.4, -0.2) is 25.7 Å². The molecule has 0 bridgehead atoms. The van der Waals surface area contributed by atoms with E-state index in [1.165, 1.54) is 0 Å². The average Bonchev–Trinajstić information content (AvgIpc) is 2.73. The van der Waals surface area contributed by atoms with Gasteiger partial charge in [0.15, 0.2) is 0 Å². The third kappa shape index (κ3) is 3.92. The van der Waals surface area contributed by atoms with Crippen LogP contribution in [0.15, 0.2) is 11.4 Å². The maximum absolute atomic E-state index is 10.9. The van der Waals surface area contributed by atoms with E-state index in [0.717, 1.165) is 17.8 Å². The zero-order valence-corrected chi connectivity index (χ0v) is 10.5. The van der Waals surface area contributed by atoms with Gasteiger partial charge in [-0.2, -0.15) is 0 Å². The molecule has 1 heterocycles. The topological polar surface area (TPSA) is 64.3 Å². The summed E-state index contributed by atoms with van der Waals surface area (Å²) in [5, 5.41) is 5.16. The molecule has 0 saturated carbocycles. The summed E-state index contributed by atoms with van der Waals surface area (Å²) in [7, 11) is 1.70. The van der Waals surface area contributed by atoms with Gasteiger partial charge in [0.1, 0.15) is 0 Å². The monoisotopic (exact) mass is 242 g/mol. The molecule has 0 fully saturated rings. The van der Waals surface area contributed by atoms with E-state index < -0.39 is 0 Å². The number of methoxy groups -OCH3 is 1. The number of carbonyl (C=O) groups excluding carboxylic acids is 1. The van der Waals surface area contributed by atoms with Crippen LogP contribution in [0.2, 0.25) is 0 Å². The number of ether oxygens (including phenoxy) is 1. The fourth-order valence-corrected chi connectivity index (χ4v) is 2.19. The Morgan fingerprint density at radius 2 is 2.44 bits per heavy atom. The van der Waals surface area contributed by atoms with Gasteiger partial charge < -0.3 is 15.8 Å². The molecule has 1 atom stereocenters. The highest BCUT2D eigenvalue weighted by atomic mass is 32.1. The van der Waals surface area contributed by atoms with Crippen molar-refractivity contribution in [3.63, 3.8) is 0 Å². The van der Waals surface area contributed by atoms with Gasteiger partial charge in [0.25, 0.3) is 0 Å². The molecule has 1 aromatic heterocycles. The molecular weight excluding hydrogens is 224 g/mol. The lowest BCUT2D eigenvalue weighted by Gasteiger charge is -2.14. The van der Waals surface area contributed by atoms with Crippen molar-refractivity contribution in [3.8, 4) is 0 Å². The van der Waals surface area contributed by atoms with E-state index in [-0.39, 0.29) is 5.91 Å². The highest BCUT2D eigenvalue weighted by molar-refractivity contribution is 7.10. The van der Waals surface area contributed by atoms with Gasteiger partial charge in [-0.3, -0.25) is 4.79 Å². The SMILES string of the molecule is CCC(COC)NCc1cc(C(N)=O)cs1. The van der Waals surface area contributed by atoms with Crippen molar-refractivity contribution in [1.82, 2.24) is 5.32 Å². The molecule has 1 rings (SSSR count). The highest BCUT2D eigenvalue weighted by Crippen LogP contribution is 2.14. The van der Waals surface area contributed by atoms with Gasteiger partial charge in [-0.15, -0.1) is 11.3 Å². The Morgan fingerprint density at radius 3 is 2.94 bits per heavy atom. The van der Waals surface area contributed by atoms with Gasteiger partial charge in [0.2, 0.25) is 5.91 Å². The minimum atomic E-state index is -0.369. The number of thiophene rings is 1. The second-order valence-corrected chi connectivity index (χ2v) is 4.60. The third-order valence-corrected chi connectivity index (χ3v) is 3.30. The number of amides is 1. The summed E-state index contributed by atoms with van der Waals surface area (Å²) in [6.45, 7) is 3.56. The molecule has 0 spiro atoms. The number of primary amides is 1. The predicted octanol–water partition coefficient (Wildman–Crippen LogP) is 1.36. The van der Waals surface area contributed by atoms with E-state index in [4.69, 9.17) is 10.5 Å². The van der Waals surface area contributed by atoms with Gasteiger partial charge in [-0.1, -0.05) is 6.92 Å². The number of nitrogens with two attached hydrogens (primary N) is 1. The standard InChI is InChI=1S/C11H18N2O2S/c1-3-9(6-15-2)13-5-10-4-8(7-16-10)11(12)14/h4,7,9,13H,3,5-6H2,1-2H3,(H2,12,14). The lowest BCUT2D eigenvalue weighted by molar-refractivity contribution is 0.100. The van der Waals surface area contributed by atoms with Crippen LogP contribution < -0.4 is 11.1 Å². The molecule has 3 N–H and O–H groups in total. The minimum absolute atomic E-state index is 0.351. The molecule has 0 saturated heterocycles. The van der Waals surface area contributed by atoms with Crippen LogP contribution in [0.3, 0.4) is 0 Å². The number of hydrogen-bond acceptors (Lipinski definition) is 4. The Kier molecular flexibility index (Phi) is 5.45. The summed E-state index contributed by atoms with van der Waals surface area (Å²) in [5.74, 6) is -0.369. The van der Waals surface area contributed by atoms with E-state index in [1.807, 2.05) is 6.07 Å². The van der Waals surface area contributed by atoms with E-state index >= 15 is 0 Å². The first-order valence-corrected chi connectivity index (χ1v) is 6.14. The lowest BCUT2D eigenvalue weighted by Crippen LogP contribution is -2.31. The Bertz CT molecular complexity index is 338. The quantitative estimate of drug-likeness (QED) is 0.759. The largest absolute Gasteiger partial charge is 0.383 e. The molecule has 1 unspecified atom stereocenters. The first kappa shape index (κ1) is 13.2. The fourth-order valence-electron chi connectivity index (χ4n) is 1.37. The number of carbonyl (C=O) groups is 1. The number of nitrogens with one attached hydrogen (secondary N) is 1. The number of hydrogen-bond donors (Lipinski definition) is 2. The molecule has 1 amide bonds. The van der Waals surface area contributed by atoms with E-state index in [0.29, 0.717) is 18.2 Å². The summed E-state index contributed by atoms with van der Waals surface area (Å²) in [6.07, 6.45) is 1.02. The minimum Gasteiger partial charge on any atom is -0.383 e. The Morgan fingerprint density at radius 1 is 1.69 bits per heavy atom. The molecular formula is C11H18N2O2S. The summed E-state index contributed by atoms with van der Waals surface area (Å²) >= 11 is 1.54. The van der Waals surface area contributed by atoms with Crippen LogP contribution in [0, 0.1) is 0 Å². The molecule has 0 aromatic carbocycles. The van der Waals surface area contributed by atoms with Crippen molar-refractivity contribution in [2.75, 3.05) is 13.7 Å². The fraction of sp³-hybridized carbons (Fsp3) is 0.545. The number of rotatable bonds is 7. The second kappa shape index (κ2) is 6.62. The maximum Gasteiger partial charge on any atom is 0.249 e. The van der Waals surface area contributed by atoms with Gasteiger partial charge >= 0.3 is 0 Å². The van der Waals surface area contributed by atoms with Crippen molar-refractivity contribution >= 4 is 17.2 Å². The molecule has 0 aliphatic rings. The molecule has 1 aromatic rings. The van der Waals surface area contributed by atoms with E-state index in [9.17, 15) is 4.79 Å². The van der Waals surface area contributed by atoms with E-state index in [2.05, 4.69) is 12.2 Å². The first-order chi connectivity index (χ1) is 7.67. The van der Waals surface area contributed by atoms with Crippen molar-refractivity contribution in [3.05, 3.63) is 21.9 Å². The molecule has 0 aliphatic heterocycles. The van der Waals surface area contributed by atoms with Crippen LogP contribution in [0.5, 0.6) is 0 Å². The Hall–Kier alpha value is -0.910. The first-order valence-electron chi connectivity index (χ1n) is 5.26. The van der Waals surface area contributed by atoms with Crippen molar-refractivity contribution in [2.24, 2.45) is 5.73 Å². The summed E-state index contributed by atoms with van der Waals surface area (Å²) < 4.78 is 5.09.